The van der Waals surface area contributed by atoms with Gasteiger partial charge in [0.25, 0.3) is 0 Å². The summed E-state index contributed by atoms with van der Waals surface area (Å²) in [6, 6.07) is 10.5. The van der Waals surface area contributed by atoms with Crippen LogP contribution in [0.3, 0.4) is 0 Å². The standard InChI is InChI=1S/C16H16Cl2FN/c1-10(2)20-9-11-6-7-12(19)8-14(11)13-4-3-5-15(17)16(13)18/h3-8,10,20H,9H2,1-2H3. The number of nitrogens with one attached hydrogen (secondary N) is 1. The first-order chi connectivity index (χ1) is 9.49. The molecule has 0 fully saturated rings. The van der Waals surface area contributed by atoms with Crippen molar-refractivity contribution in [3.63, 3.8) is 0 Å². The highest BCUT2D eigenvalue weighted by Gasteiger charge is 2.12. The van der Waals surface area contributed by atoms with Gasteiger partial charge in [0.2, 0.25) is 0 Å². The van der Waals surface area contributed by atoms with Crippen LogP contribution in [0.4, 0.5) is 4.39 Å². The summed E-state index contributed by atoms with van der Waals surface area (Å²) in [5.74, 6) is -0.288. The van der Waals surface area contributed by atoms with Crippen LogP contribution in [0.2, 0.25) is 10.0 Å². The average molecular weight is 312 g/mol. The van der Waals surface area contributed by atoms with Gasteiger partial charge in [0.15, 0.2) is 0 Å². The Morgan fingerprint density at radius 2 is 1.85 bits per heavy atom. The Morgan fingerprint density at radius 3 is 2.55 bits per heavy atom. The molecule has 0 radical (unpaired) electrons. The summed E-state index contributed by atoms with van der Waals surface area (Å²) in [6.07, 6.45) is 0. The van der Waals surface area contributed by atoms with Crippen LogP contribution in [0.1, 0.15) is 19.4 Å². The largest absolute Gasteiger partial charge is 0.310 e. The quantitative estimate of drug-likeness (QED) is 0.808. The van der Waals surface area contributed by atoms with Crippen LogP contribution in [0.25, 0.3) is 11.1 Å². The monoisotopic (exact) mass is 311 g/mol. The highest BCUT2D eigenvalue weighted by Crippen LogP contribution is 2.35. The normalized spacial score (nSPS) is 11.1. The Labute approximate surface area is 128 Å². The van der Waals surface area contributed by atoms with Gasteiger partial charge in [0.1, 0.15) is 5.82 Å². The molecule has 0 aliphatic carbocycles. The van der Waals surface area contributed by atoms with E-state index in [9.17, 15) is 4.39 Å². The van der Waals surface area contributed by atoms with Crippen molar-refractivity contribution in [3.05, 3.63) is 57.8 Å². The van der Waals surface area contributed by atoms with Gasteiger partial charge in [-0.15, -0.1) is 0 Å². The maximum atomic E-state index is 13.6. The minimum Gasteiger partial charge on any atom is -0.310 e. The molecule has 0 aliphatic heterocycles. The van der Waals surface area contributed by atoms with Crippen LogP contribution in [-0.2, 0) is 6.54 Å². The molecule has 0 saturated carbocycles. The van der Waals surface area contributed by atoms with Gasteiger partial charge in [0.05, 0.1) is 10.0 Å². The van der Waals surface area contributed by atoms with E-state index in [2.05, 4.69) is 19.2 Å². The van der Waals surface area contributed by atoms with Gasteiger partial charge in [-0.2, -0.15) is 0 Å². The molecule has 106 valence electrons. The SMILES string of the molecule is CC(C)NCc1ccc(F)cc1-c1cccc(Cl)c1Cl. The number of hydrogen-bond donors (Lipinski definition) is 1. The molecule has 1 nitrogen and oxygen atoms in total. The molecular formula is C16H16Cl2FN. The molecule has 2 aromatic carbocycles. The summed E-state index contributed by atoms with van der Waals surface area (Å²) in [6.45, 7) is 4.78. The Hall–Kier alpha value is -1.09. The molecule has 0 spiro atoms. The lowest BCUT2D eigenvalue weighted by Gasteiger charge is -2.14. The van der Waals surface area contributed by atoms with Crippen LogP contribution in [0.5, 0.6) is 0 Å². The zero-order chi connectivity index (χ0) is 14.7. The van der Waals surface area contributed by atoms with Crippen molar-refractivity contribution in [2.75, 3.05) is 0 Å². The Kier molecular flexibility index (Phi) is 5.03. The number of benzene rings is 2. The van der Waals surface area contributed by atoms with Crippen molar-refractivity contribution in [2.45, 2.75) is 26.4 Å². The molecule has 0 aromatic heterocycles. The van der Waals surface area contributed by atoms with Crippen molar-refractivity contribution in [3.8, 4) is 11.1 Å². The summed E-state index contributed by atoms with van der Waals surface area (Å²) < 4.78 is 13.6. The lowest BCUT2D eigenvalue weighted by Crippen LogP contribution is -2.22. The molecule has 0 atom stereocenters. The molecule has 4 heteroatoms. The first kappa shape index (κ1) is 15.3. The summed E-state index contributed by atoms with van der Waals surface area (Å²) in [5, 5.41) is 4.25. The second kappa shape index (κ2) is 6.57. The van der Waals surface area contributed by atoms with Gasteiger partial charge in [0, 0.05) is 18.2 Å². The van der Waals surface area contributed by atoms with Crippen molar-refractivity contribution < 1.29 is 4.39 Å². The summed E-state index contributed by atoms with van der Waals surface area (Å²) in [5.41, 5.74) is 2.51. The molecule has 2 rings (SSSR count). The van der Waals surface area contributed by atoms with Gasteiger partial charge in [-0.3, -0.25) is 0 Å². The van der Waals surface area contributed by atoms with Crippen LogP contribution in [-0.4, -0.2) is 6.04 Å². The third-order valence-electron chi connectivity index (χ3n) is 3.01. The van der Waals surface area contributed by atoms with E-state index in [1.165, 1.54) is 12.1 Å². The summed E-state index contributed by atoms with van der Waals surface area (Å²) >= 11 is 12.3. The highest BCUT2D eigenvalue weighted by atomic mass is 35.5. The van der Waals surface area contributed by atoms with E-state index in [1.807, 2.05) is 12.1 Å². The molecule has 0 bridgehead atoms. The molecule has 2 aromatic rings. The van der Waals surface area contributed by atoms with Gasteiger partial charge in [-0.05, 0) is 29.3 Å². The highest BCUT2D eigenvalue weighted by molar-refractivity contribution is 6.43. The first-order valence-electron chi connectivity index (χ1n) is 6.45. The topological polar surface area (TPSA) is 12.0 Å². The minimum atomic E-state index is -0.288. The predicted molar refractivity (Wildman–Crippen MR) is 83.8 cm³/mol. The second-order valence-corrected chi connectivity index (χ2v) is 5.72. The molecule has 0 unspecified atom stereocenters. The Bertz CT molecular complexity index is 611. The van der Waals surface area contributed by atoms with E-state index in [0.717, 1.165) is 16.7 Å². The fourth-order valence-corrected chi connectivity index (χ4v) is 2.38. The average Bonchev–Trinajstić information content (AvgIpc) is 2.40. The van der Waals surface area contributed by atoms with E-state index in [4.69, 9.17) is 23.2 Å². The molecular weight excluding hydrogens is 296 g/mol. The lowest BCUT2D eigenvalue weighted by atomic mass is 9.99. The van der Waals surface area contributed by atoms with Gasteiger partial charge < -0.3 is 5.32 Å². The molecule has 0 saturated heterocycles. The minimum absolute atomic E-state index is 0.288. The van der Waals surface area contributed by atoms with Gasteiger partial charge >= 0.3 is 0 Å². The van der Waals surface area contributed by atoms with E-state index in [1.54, 1.807) is 12.1 Å². The maximum Gasteiger partial charge on any atom is 0.123 e. The van der Waals surface area contributed by atoms with Crippen molar-refractivity contribution in [2.24, 2.45) is 0 Å². The van der Waals surface area contributed by atoms with Gasteiger partial charge in [-0.25, -0.2) is 4.39 Å². The fourth-order valence-electron chi connectivity index (χ4n) is 1.98. The third-order valence-corrected chi connectivity index (χ3v) is 3.83. The number of halogens is 3. The van der Waals surface area contributed by atoms with Gasteiger partial charge in [-0.1, -0.05) is 55.2 Å². The van der Waals surface area contributed by atoms with Crippen LogP contribution in [0.15, 0.2) is 36.4 Å². The lowest BCUT2D eigenvalue weighted by molar-refractivity contribution is 0.587. The summed E-state index contributed by atoms with van der Waals surface area (Å²) in [4.78, 5) is 0. The summed E-state index contributed by atoms with van der Waals surface area (Å²) in [7, 11) is 0. The molecule has 20 heavy (non-hydrogen) atoms. The van der Waals surface area contributed by atoms with Crippen LogP contribution in [0, 0.1) is 5.82 Å². The zero-order valence-corrected chi connectivity index (χ0v) is 12.9. The molecule has 0 heterocycles. The van der Waals surface area contributed by atoms with E-state index in [-0.39, 0.29) is 5.82 Å². The predicted octanol–water partition coefficient (Wildman–Crippen LogP) is 5.30. The third kappa shape index (κ3) is 3.51. The van der Waals surface area contributed by atoms with E-state index < -0.39 is 0 Å². The number of hydrogen-bond acceptors (Lipinski definition) is 1. The van der Waals surface area contributed by atoms with Crippen LogP contribution < -0.4 is 5.32 Å². The van der Waals surface area contributed by atoms with E-state index >= 15 is 0 Å². The smallest absolute Gasteiger partial charge is 0.123 e. The molecule has 0 amide bonds. The maximum absolute atomic E-state index is 13.6. The van der Waals surface area contributed by atoms with E-state index in [0.29, 0.717) is 22.6 Å². The zero-order valence-electron chi connectivity index (χ0n) is 11.4. The van der Waals surface area contributed by atoms with Crippen molar-refractivity contribution in [1.82, 2.24) is 5.32 Å². The first-order valence-corrected chi connectivity index (χ1v) is 7.21. The second-order valence-electron chi connectivity index (χ2n) is 4.94. The number of rotatable bonds is 4. The van der Waals surface area contributed by atoms with Crippen LogP contribution >= 0.6 is 23.2 Å². The Balaban J connectivity index is 2.48. The van der Waals surface area contributed by atoms with Crippen molar-refractivity contribution >= 4 is 23.2 Å². The molecule has 1 N–H and O–H groups in total. The molecule has 0 aliphatic rings. The Morgan fingerprint density at radius 1 is 1.10 bits per heavy atom. The van der Waals surface area contributed by atoms with Crippen molar-refractivity contribution in [1.29, 1.82) is 0 Å². The fraction of sp³-hybridized carbons (Fsp3) is 0.250.